The van der Waals surface area contributed by atoms with Gasteiger partial charge in [0.05, 0.1) is 13.7 Å². The number of likely N-dealkylation sites (N-methyl/N-ethyl adjacent to an activating group) is 1. The summed E-state index contributed by atoms with van der Waals surface area (Å²) in [6.07, 6.45) is 1.01. The lowest BCUT2D eigenvalue weighted by molar-refractivity contribution is -0.201. The third-order valence-electron chi connectivity index (χ3n) is 2.60. The van der Waals surface area contributed by atoms with Crippen LogP contribution in [0.25, 0.3) is 0 Å². The van der Waals surface area contributed by atoms with Crippen molar-refractivity contribution < 1.29 is 24.0 Å². The van der Waals surface area contributed by atoms with Gasteiger partial charge in [-0.1, -0.05) is 13.3 Å². The van der Waals surface area contributed by atoms with Crippen molar-refractivity contribution in [3.05, 3.63) is 0 Å². The van der Waals surface area contributed by atoms with Crippen LogP contribution in [0.4, 0.5) is 4.79 Å². The zero-order valence-electron chi connectivity index (χ0n) is 14.1. The van der Waals surface area contributed by atoms with Crippen LogP contribution in [-0.2, 0) is 19.2 Å². The largest absolute Gasteiger partial charge is 0.442 e. The van der Waals surface area contributed by atoms with Crippen LogP contribution in [0, 0.1) is 0 Å². The van der Waals surface area contributed by atoms with Gasteiger partial charge in [-0.05, 0) is 34.1 Å². The van der Waals surface area contributed by atoms with E-state index in [1.165, 1.54) is 14.2 Å². The van der Waals surface area contributed by atoms with E-state index in [9.17, 15) is 9.59 Å². The highest BCUT2D eigenvalue weighted by Gasteiger charge is 2.32. The molecule has 124 valence electrons. The maximum atomic E-state index is 12.2. The minimum absolute atomic E-state index is 0.337. The summed E-state index contributed by atoms with van der Waals surface area (Å²) in [7, 11) is 2.85. The summed E-state index contributed by atoms with van der Waals surface area (Å²) in [5, 5.41) is 2.02. The number of hydrogen-bond donors (Lipinski definition) is 0. The van der Waals surface area contributed by atoms with E-state index in [1.54, 1.807) is 27.7 Å². The molecule has 0 aliphatic rings. The maximum Gasteiger partial charge on any atom is 0.435 e. The minimum atomic E-state index is -0.846. The molecule has 2 amide bonds. The minimum Gasteiger partial charge on any atom is -0.442 e. The Bertz CT molecular complexity index is 341. The Hall–Kier alpha value is -1.34. The highest BCUT2D eigenvalue weighted by Crippen LogP contribution is 2.14. The second kappa shape index (κ2) is 8.84. The molecule has 7 nitrogen and oxygen atoms in total. The van der Waals surface area contributed by atoms with Crippen molar-refractivity contribution in [3.63, 3.8) is 0 Å². The van der Waals surface area contributed by atoms with Crippen molar-refractivity contribution in [2.24, 2.45) is 0 Å². The van der Waals surface area contributed by atoms with Crippen molar-refractivity contribution in [1.29, 1.82) is 0 Å². The number of rotatable bonds is 7. The molecule has 0 saturated heterocycles. The third-order valence-corrected chi connectivity index (χ3v) is 2.60. The molecule has 0 spiro atoms. The van der Waals surface area contributed by atoms with Gasteiger partial charge >= 0.3 is 6.09 Å². The molecule has 0 aromatic carbocycles. The number of carbonyl (C=O) groups excluding carboxylic acids is 2. The second-order valence-corrected chi connectivity index (χ2v) is 5.69. The molecular formula is C14H28N2O5. The van der Waals surface area contributed by atoms with Crippen LogP contribution in [0.2, 0.25) is 0 Å². The quantitative estimate of drug-likeness (QED) is 0.533. The summed E-state index contributed by atoms with van der Waals surface area (Å²) in [5.41, 5.74) is -0.667. The van der Waals surface area contributed by atoms with Crippen molar-refractivity contribution in [2.45, 2.75) is 59.1 Å². The van der Waals surface area contributed by atoms with Crippen molar-refractivity contribution in [1.82, 2.24) is 10.1 Å². The highest BCUT2D eigenvalue weighted by atomic mass is 16.7. The molecule has 0 aliphatic heterocycles. The number of unbranched alkanes of at least 4 members (excludes halogenated alkanes) is 1. The average Bonchev–Trinajstić information content (AvgIpc) is 2.39. The monoisotopic (exact) mass is 304 g/mol. The summed E-state index contributed by atoms with van der Waals surface area (Å²) in [6.45, 7) is 9.17. The third kappa shape index (κ3) is 7.29. The van der Waals surface area contributed by atoms with E-state index in [1.807, 2.05) is 6.92 Å². The van der Waals surface area contributed by atoms with Crippen LogP contribution in [0.1, 0.15) is 47.5 Å². The maximum absolute atomic E-state index is 12.2. The van der Waals surface area contributed by atoms with Gasteiger partial charge in [-0.15, -0.1) is 0 Å². The van der Waals surface area contributed by atoms with Crippen LogP contribution in [0.3, 0.4) is 0 Å². The Morgan fingerprint density at radius 3 is 2.24 bits per heavy atom. The average molecular weight is 304 g/mol. The van der Waals surface area contributed by atoms with Crippen molar-refractivity contribution >= 4 is 12.0 Å². The Morgan fingerprint density at radius 2 is 1.81 bits per heavy atom. The van der Waals surface area contributed by atoms with E-state index in [-0.39, 0.29) is 0 Å². The fourth-order valence-electron chi connectivity index (χ4n) is 1.39. The zero-order valence-corrected chi connectivity index (χ0v) is 14.1. The van der Waals surface area contributed by atoms with Crippen molar-refractivity contribution in [3.8, 4) is 0 Å². The Morgan fingerprint density at radius 1 is 1.24 bits per heavy atom. The van der Waals surface area contributed by atoms with Gasteiger partial charge in [0.2, 0.25) is 0 Å². The predicted molar refractivity (Wildman–Crippen MR) is 78.2 cm³/mol. The zero-order chi connectivity index (χ0) is 16.6. The lowest BCUT2D eigenvalue weighted by Crippen LogP contribution is -2.49. The van der Waals surface area contributed by atoms with E-state index in [4.69, 9.17) is 14.4 Å². The molecule has 0 N–H and O–H groups in total. The topological polar surface area (TPSA) is 68.3 Å². The summed E-state index contributed by atoms with van der Waals surface area (Å²) >= 11 is 0. The molecule has 0 rings (SSSR count). The van der Waals surface area contributed by atoms with Gasteiger partial charge in [0, 0.05) is 7.05 Å². The standard InChI is InChI=1S/C14H28N2O5/c1-8-9-10-20-16(13(18)21-14(3,4)5)11(2)12(17)15(6)19-7/h11H,8-10H2,1-7H3. The molecular weight excluding hydrogens is 276 g/mol. The summed E-state index contributed by atoms with van der Waals surface area (Å²) in [5.74, 6) is -0.403. The summed E-state index contributed by atoms with van der Waals surface area (Å²) in [4.78, 5) is 34.5. The summed E-state index contributed by atoms with van der Waals surface area (Å²) < 4.78 is 5.27. The Kier molecular flexibility index (Phi) is 8.27. The lowest BCUT2D eigenvalue weighted by Gasteiger charge is -2.31. The van der Waals surface area contributed by atoms with E-state index >= 15 is 0 Å². The molecule has 0 fully saturated rings. The summed E-state index contributed by atoms with van der Waals surface area (Å²) in [6, 6.07) is -0.846. The van der Waals surface area contributed by atoms with Gasteiger partial charge in [0.15, 0.2) is 0 Å². The predicted octanol–water partition coefficient (Wildman–Crippen LogP) is 2.36. The molecule has 0 heterocycles. The first kappa shape index (κ1) is 19.7. The normalized spacial score (nSPS) is 12.7. The molecule has 1 atom stereocenters. The van der Waals surface area contributed by atoms with Gasteiger partial charge in [0.1, 0.15) is 11.6 Å². The Balaban J connectivity index is 4.94. The molecule has 0 aromatic rings. The number of carbonyl (C=O) groups is 2. The first-order chi connectivity index (χ1) is 9.64. The molecule has 0 aliphatic carbocycles. The van der Waals surface area contributed by atoms with E-state index in [0.717, 1.165) is 23.0 Å². The van der Waals surface area contributed by atoms with E-state index in [2.05, 4.69) is 0 Å². The SMILES string of the molecule is CCCCON(C(=O)OC(C)(C)C)C(C)C(=O)N(C)OC. The molecule has 0 bridgehead atoms. The Labute approximate surface area is 127 Å². The highest BCUT2D eigenvalue weighted by molar-refractivity contribution is 5.84. The first-order valence-corrected chi connectivity index (χ1v) is 7.10. The number of hydroxylamine groups is 4. The lowest BCUT2D eigenvalue weighted by atomic mass is 10.2. The number of ether oxygens (including phenoxy) is 1. The smallest absolute Gasteiger partial charge is 0.435 e. The van der Waals surface area contributed by atoms with Gasteiger partial charge < -0.3 is 4.74 Å². The van der Waals surface area contributed by atoms with Gasteiger partial charge in [-0.2, -0.15) is 5.06 Å². The first-order valence-electron chi connectivity index (χ1n) is 7.10. The van der Waals surface area contributed by atoms with Crippen LogP contribution in [0.15, 0.2) is 0 Å². The van der Waals surface area contributed by atoms with Gasteiger partial charge in [-0.25, -0.2) is 9.86 Å². The second-order valence-electron chi connectivity index (χ2n) is 5.69. The molecule has 0 saturated carbocycles. The molecule has 21 heavy (non-hydrogen) atoms. The van der Waals surface area contributed by atoms with E-state index < -0.39 is 23.6 Å². The molecule has 7 heteroatoms. The number of nitrogens with zero attached hydrogens (tertiary/aromatic N) is 2. The van der Waals surface area contributed by atoms with E-state index in [0.29, 0.717) is 6.61 Å². The fourth-order valence-corrected chi connectivity index (χ4v) is 1.39. The fraction of sp³-hybridized carbons (Fsp3) is 0.857. The van der Waals surface area contributed by atoms with Crippen molar-refractivity contribution in [2.75, 3.05) is 20.8 Å². The molecule has 0 aromatic heterocycles. The van der Waals surface area contributed by atoms with Crippen LogP contribution in [-0.4, -0.2) is 54.5 Å². The van der Waals surface area contributed by atoms with Crippen LogP contribution < -0.4 is 0 Å². The van der Waals surface area contributed by atoms with Gasteiger partial charge in [-0.3, -0.25) is 14.5 Å². The molecule has 1 unspecified atom stereocenters. The number of amides is 2. The number of hydrogen-bond acceptors (Lipinski definition) is 5. The molecule has 0 radical (unpaired) electrons. The van der Waals surface area contributed by atoms with Gasteiger partial charge in [0.25, 0.3) is 5.91 Å². The van der Waals surface area contributed by atoms with Crippen LogP contribution in [0.5, 0.6) is 0 Å². The van der Waals surface area contributed by atoms with Crippen LogP contribution >= 0.6 is 0 Å².